The van der Waals surface area contributed by atoms with E-state index in [1.165, 1.54) is 22.6 Å². The number of ether oxygens (including phenoxy) is 1. The molecular weight excluding hydrogens is 401 g/mol. The van der Waals surface area contributed by atoms with Crippen molar-refractivity contribution in [3.8, 4) is 0 Å². The first-order valence-electron chi connectivity index (χ1n) is 10.7. The second-order valence-corrected chi connectivity index (χ2v) is 8.83. The smallest absolute Gasteiger partial charge is 0.262 e. The third kappa shape index (κ3) is 4.79. The van der Waals surface area contributed by atoms with Gasteiger partial charge in [0.05, 0.1) is 11.7 Å². The molecule has 1 aliphatic carbocycles. The molecular formula is C23H28FN3O2S. The zero-order valence-electron chi connectivity index (χ0n) is 17.3. The molecule has 2 heterocycles. The topological polar surface area (TPSA) is 56.1 Å². The average molecular weight is 430 g/mol. The van der Waals surface area contributed by atoms with Crippen molar-refractivity contribution >= 4 is 21.6 Å². The molecule has 1 unspecified atom stereocenters. The molecule has 5 nitrogen and oxygen atoms in total. The number of hydrogen-bond acceptors (Lipinski definition) is 5. The number of nitrogens with zero attached hydrogens (tertiary/aromatic N) is 2. The van der Waals surface area contributed by atoms with Gasteiger partial charge in [0.25, 0.3) is 5.56 Å². The molecule has 0 aliphatic heterocycles. The van der Waals surface area contributed by atoms with E-state index in [0.717, 1.165) is 61.2 Å². The minimum Gasteiger partial charge on any atom is -0.382 e. The Morgan fingerprint density at radius 2 is 2.30 bits per heavy atom. The molecule has 0 bridgehead atoms. The maximum atomic E-state index is 13.4. The van der Waals surface area contributed by atoms with E-state index in [0.29, 0.717) is 19.0 Å². The van der Waals surface area contributed by atoms with E-state index >= 15 is 0 Å². The number of fused-ring (bicyclic) bond motifs is 3. The van der Waals surface area contributed by atoms with Crippen LogP contribution < -0.4 is 10.9 Å². The zero-order chi connectivity index (χ0) is 20.9. The van der Waals surface area contributed by atoms with Gasteiger partial charge in [-0.15, -0.1) is 11.3 Å². The fraction of sp³-hybridized carbons (Fsp3) is 0.478. The summed E-state index contributed by atoms with van der Waals surface area (Å²) in [5.74, 6) is -0.249. The minimum atomic E-state index is -0.249. The van der Waals surface area contributed by atoms with Gasteiger partial charge in [0, 0.05) is 30.7 Å². The average Bonchev–Trinajstić information content (AvgIpc) is 3.12. The number of rotatable bonds is 9. The maximum absolute atomic E-state index is 13.4. The fourth-order valence-electron chi connectivity index (χ4n) is 4.10. The Kier molecular flexibility index (Phi) is 6.92. The quantitative estimate of drug-likeness (QED) is 0.527. The molecule has 0 amide bonds. The van der Waals surface area contributed by atoms with Crippen LogP contribution >= 0.6 is 11.3 Å². The van der Waals surface area contributed by atoms with Crippen molar-refractivity contribution in [2.75, 3.05) is 19.8 Å². The van der Waals surface area contributed by atoms with Crippen LogP contribution in [0.25, 0.3) is 10.2 Å². The van der Waals surface area contributed by atoms with Crippen molar-refractivity contribution < 1.29 is 9.13 Å². The lowest BCUT2D eigenvalue weighted by Crippen LogP contribution is -2.35. The van der Waals surface area contributed by atoms with E-state index in [9.17, 15) is 9.18 Å². The second-order valence-electron chi connectivity index (χ2n) is 7.75. The Morgan fingerprint density at radius 3 is 3.13 bits per heavy atom. The van der Waals surface area contributed by atoms with Crippen molar-refractivity contribution in [2.45, 2.75) is 51.6 Å². The highest BCUT2D eigenvalue weighted by atomic mass is 32.1. The molecule has 0 saturated carbocycles. The number of aromatic nitrogens is 2. The van der Waals surface area contributed by atoms with Crippen LogP contribution in [0.15, 0.2) is 35.4 Å². The Hall–Kier alpha value is -2.09. The summed E-state index contributed by atoms with van der Waals surface area (Å²) in [6.07, 6.45) is 6.14. The van der Waals surface area contributed by atoms with E-state index < -0.39 is 0 Å². The van der Waals surface area contributed by atoms with E-state index in [1.807, 2.05) is 13.0 Å². The van der Waals surface area contributed by atoms with Gasteiger partial charge in [-0.3, -0.25) is 9.36 Å². The number of benzene rings is 1. The van der Waals surface area contributed by atoms with Crippen LogP contribution in [-0.4, -0.2) is 35.4 Å². The van der Waals surface area contributed by atoms with Gasteiger partial charge < -0.3 is 10.1 Å². The summed E-state index contributed by atoms with van der Waals surface area (Å²) in [7, 11) is 0. The SMILES string of the molecule is CCOCCCNC1CCc2c(sc3ncn(CCc4cccc(F)c4)c(=O)c23)C1. The van der Waals surface area contributed by atoms with Gasteiger partial charge in [0.1, 0.15) is 10.6 Å². The van der Waals surface area contributed by atoms with Crippen molar-refractivity contribution in [1.29, 1.82) is 0 Å². The van der Waals surface area contributed by atoms with Crippen LogP contribution in [0.4, 0.5) is 4.39 Å². The first-order chi connectivity index (χ1) is 14.7. The summed E-state index contributed by atoms with van der Waals surface area (Å²) in [6.45, 7) is 5.03. The van der Waals surface area contributed by atoms with Crippen LogP contribution in [0.1, 0.15) is 35.8 Å². The molecule has 160 valence electrons. The largest absolute Gasteiger partial charge is 0.382 e. The third-order valence-corrected chi connectivity index (χ3v) is 6.83. The Bertz CT molecular complexity index is 1060. The molecule has 0 saturated heterocycles. The highest BCUT2D eigenvalue weighted by Crippen LogP contribution is 2.33. The highest BCUT2D eigenvalue weighted by molar-refractivity contribution is 7.18. The Balaban J connectivity index is 1.45. The zero-order valence-corrected chi connectivity index (χ0v) is 18.1. The van der Waals surface area contributed by atoms with Gasteiger partial charge in [-0.05, 0) is 68.8 Å². The number of halogens is 1. The van der Waals surface area contributed by atoms with Crippen LogP contribution in [0, 0.1) is 5.82 Å². The predicted molar refractivity (Wildman–Crippen MR) is 119 cm³/mol. The molecule has 4 rings (SSSR count). The molecule has 0 radical (unpaired) electrons. The molecule has 0 spiro atoms. The van der Waals surface area contributed by atoms with Gasteiger partial charge in [-0.1, -0.05) is 12.1 Å². The predicted octanol–water partition coefficient (Wildman–Crippen LogP) is 3.71. The van der Waals surface area contributed by atoms with Crippen molar-refractivity contribution in [1.82, 2.24) is 14.9 Å². The lowest BCUT2D eigenvalue weighted by Gasteiger charge is -2.23. The number of aryl methyl sites for hydroxylation is 3. The first-order valence-corrected chi connectivity index (χ1v) is 11.5. The molecule has 3 aromatic rings. The van der Waals surface area contributed by atoms with E-state index in [1.54, 1.807) is 28.3 Å². The van der Waals surface area contributed by atoms with Gasteiger partial charge in [-0.25, -0.2) is 9.37 Å². The molecule has 1 aromatic carbocycles. The van der Waals surface area contributed by atoms with Crippen molar-refractivity contribution in [3.63, 3.8) is 0 Å². The number of thiophene rings is 1. The second kappa shape index (κ2) is 9.81. The molecule has 0 fully saturated rings. The van der Waals surface area contributed by atoms with Crippen molar-refractivity contribution in [2.24, 2.45) is 0 Å². The van der Waals surface area contributed by atoms with E-state index in [2.05, 4.69) is 10.3 Å². The van der Waals surface area contributed by atoms with E-state index in [-0.39, 0.29) is 11.4 Å². The van der Waals surface area contributed by atoms with Crippen LogP contribution in [0.5, 0.6) is 0 Å². The minimum absolute atomic E-state index is 0.0250. The van der Waals surface area contributed by atoms with Crippen LogP contribution in [-0.2, 0) is 30.5 Å². The van der Waals surface area contributed by atoms with Gasteiger partial charge in [0.15, 0.2) is 0 Å². The number of hydrogen-bond donors (Lipinski definition) is 1. The molecule has 1 N–H and O–H groups in total. The Labute approximate surface area is 179 Å². The standard InChI is InChI=1S/C23H28FN3O2S/c1-2-29-12-4-10-25-18-7-8-19-20(14-18)30-22-21(19)23(28)27(15-26-22)11-9-16-5-3-6-17(24)13-16/h3,5-6,13,15,18,25H,2,4,7-12,14H2,1H3. The highest BCUT2D eigenvalue weighted by Gasteiger charge is 2.24. The van der Waals surface area contributed by atoms with Gasteiger partial charge in [0.2, 0.25) is 0 Å². The summed E-state index contributed by atoms with van der Waals surface area (Å²) in [4.78, 5) is 19.8. The molecule has 30 heavy (non-hydrogen) atoms. The van der Waals surface area contributed by atoms with Crippen molar-refractivity contribution in [3.05, 3.63) is 62.8 Å². The van der Waals surface area contributed by atoms with Crippen LogP contribution in [0.2, 0.25) is 0 Å². The summed E-state index contributed by atoms with van der Waals surface area (Å²) < 4.78 is 20.5. The summed E-state index contributed by atoms with van der Waals surface area (Å²) in [6, 6.07) is 6.98. The van der Waals surface area contributed by atoms with Gasteiger partial charge in [-0.2, -0.15) is 0 Å². The Morgan fingerprint density at radius 1 is 1.40 bits per heavy atom. The summed E-state index contributed by atoms with van der Waals surface area (Å²) in [5, 5.41) is 4.41. The normalized spacial score (nSPS) is 16.1. The van der Waals surface area contributed by atoms with Gasteiger partial charge >= 0.3 is 0 Å². The lowest BCUT2D eigenvalue weighted by molar-refractivity contribution is 0.144. The molecule has 7 heteroatoms. The van der Waals surface area contributed by atoms with Crippen LogP contribution in [0.3, 0.4) is 0 Å². The van der Waals surface area contributed by atoms with E-state index in [4.69, 9.17) is 4.74 Å². The molecule has 2 aromatic heterocycles. The lowest BCUT2D eigenvalue weighted by atomic mass is 9.93. The fourth-order valence-corrected chi connectivity index (χ4v) is 5.36. The molecule has 1 atom stereocenters. The summed E-state index contributed by atoms with van der Waals surface area (Å²) >= 11 is 1.65. The molecule has 1 aliphatic rings. The monoisotopic (exact) mass is 429 g/mol. The number of nitrogens with one attached hydrogen (secondary N) is 1. The first kappa shape index (κ1) is 21.2. The third-order valence-electron chi connectivity index (χ3n) is 5.67. The summed E-state index contributed by atoms with van der Waals surface area (Å²) in [5.41, 5.74) is 2.09. The maximum Gasteiger partial charge on any atom is 0.262 e.